The van der Waals surface area contributed by atoms with Crippen molar-refractivity contribution in [3.8, 4) is 5.75 Å². The number of benzene rings is 2. The van der Waals surface area contributed by atoms with Gasteiger partial charge in [-0.3, -0.25) is 0 Å². The van der Waals surface area contributed by atoms with Crippen LogP contribution in [-0.4, -0.2) is 12.7 Å². The summed E-state index contributed by atoms with van der Waals surface area (Å²) in [5, 5.41) is 0. The maximum Gasteiger partial charge on any atom is 0.200 e. The van der Waals surface area contributed by atoms with E-state index in [2.05, 4.69) is 6.92 Å². The SMILES string of the molecule is CCCCCc1ccc(COC2CCC(c3ccc(OCC)c(F)c3F)CC2)c(F)c1F. The zero-order valence-corrected chi connectivity index (χ0v) is 18.9. The summed E-state index contributed by atoms with van der Waals surface area (Å²) in [7, 11) is 0. The Morgan fingerprint density at radius 3 is 2.16 bits per heavy atom. The van der Waals surface area contributed by atoms with Gasteiger partial charge in [0.2, 0.25) is 5.82 Å². The van der Waals surface area contributed by atoms with E-state index < -0.39 is 23.3 Å². The monoisotopic (exact) mass is 452 g/mol. The van der Waals surface area contributed by atoms with Gasteiger partial charge in [-0.05, 0) is 68.6 Å². The van der Waals surface area contributed by atoms with Gasteiger partial charge in [-0.2, -0.15) is 4.39 Å². The lowest BCUT2D eigenvalue weighted by atomic mass is 9.82. The lowest BCUT2D eigenvalue weighted by Crippen LogP contribution is -2.22. The topological polar surface area (TPSA) is 18.5 Å². The van der Waals surface area contributed by atoms with E-state index in [0.717, 1.165) is 19.3 Å². The van der Waals surface area contributed by atoms with Gasteiger partial charge in [0.05, 0.1) is 19.3 Å². The second-order valence-corrected chi connectivity index (χ2v) is 8.47. The van der Waals surface area contributed by atoms with Gasteiger partial charge in [-0.15, -0.1) is 0 Å². The maximum absolute atomic E-state index is 14.5. The van der Waals surface area contributed by atoms with Crippen molar-refractivity contribution in [3.05, 3.63) is 64.2 Å². The zero-order valence-electron chi connectivity index (χ0n) is 18.9. The van der Waals surface area contributed by atoms with Crippen molar-refractivity contribution >= 4 is 0 Å². The molecular weight excluding hydrogens is 420 g/mol. The standard InChI is InChI=1S/C26H32F4O2/c1-3-5-6-7-18-8-9-19(24(28)23(18)27)16-32-20-12-10-17(11-13-20)21-14-15-22(31-4-2)26(30)25(21)29/h8-9,14-15,17,20H,3-7,10-13,16H2,1-2H3. The molecule has 176 valence electrons. The van der Waals surface area contributed by atoms with E-state index in [1.54, 1.807) is 25.1 Å². The Balaban J connectivity index is 1.54. The molecular formula is C26H32F4O2. The molecule has 0 spiro atoms. The minimum Gasteiger partial charge on any atom is -0.491 e. The van der Waals surface area contributed by atoms with Crippen molar-refractivity contribution in [3.63, 3.8) is 0 Å². The van der Waals surface area contributed by atoms with Crippen LogP contribution in [0.15, 0.2) is 24.3 Å². The molecule has 1 fully saturated rings. The highest BCUT2D eigenvalue weighted by Crippen LogP contribution is 2.37. The van der Waals surface area contributed by atoms with Crippen molar-refractivity contribution in [2.45, 2.75) is 83.8 Å². The number of halogens is 4. The molecule has 2 aromatic carbocycles. The van der Waals surface area contributed by atoms with Gasteiger partial charge in [0.25, 0.3) is 0 Å². The highest BCUT2D eigenvalue weighted by atomic mass is 19.2. The highest BCUT2D eigenvalue weighted by Gasteiger charge is 2.27. The lowest BCUT2D eigenvalue weighted by Gasteiger charge is -2.29. The quantitative estimate of drug-likeness (QED) is 0.273. The Bertz CT molecular complexity index is 892. The Kier molecular flexibility index (Phi) is 8.97. The minimum atomic E-state index is -0.946. The third-order valence-electron chi connectivity index (χ3n) is 6.26. The number of hydrogen-bond donors (Lipinski definition) is 0. The van der Waals surface area contributed by atoms with E-state index in [1.807, 2.05) is 0 Å². The molecule has 1 saturated carbocycles. The van der Waals surface area contributed by atoms with Crippen LogP contribution in [0, 0.1) is 23.3 Å². The molecule has 0 aromatic heterocycles. The molecule has 0 atom stereocenters. The first-order valence-electron chi connectivity index (χ1n) is 11.6. The van der Waals surface area contributed by atoms with Crippen molar-refractivity contribution < 1.29 is 27.0 Å². The molecule has 6 heteroatoms. The third kappa shape index (κ3) is 5.83. The molecule has 0 amide bonds. The predicted molar refractivity (Wildman–Crippen MR) is 117 cm³/mol. The Hall–Kier alpha value is -2.08. The van der Waals surface area contributed by atoms with Crippen molar-refractivity contribution in [2.75, 3.05) is 6.61 Å². The van der Waals surface area contributed by atoms with E-state index in [9.17, 15) is 17.6 Å². The van der Waals surface area contributed by atoms with Crippen molar-refractivity contribution in [2.24, 2.45) is 0 Å². The largest absolute Gasteiger partial charge is 0.491 e. The summed E-state index contributed by atoms with van der Waals surface area (Å²) in [4.78, 5) is 0. The van der Waals surface area contributed by atoms with Crippen molar-refractivity contribution in [1.82, 2.24) is 0 Å². The average molecular weight is 453 g/mol. The van der Waals surface area contributed by atoms with Crippen molar-refractivity contribution in [1.29, 1.82) is 0 Å². The second-order valence-electron chi connectivity index (χ2n) is 8.47. The summed E-state index contributed by atoms with van der Waals surface area (Å²) >= 11 is 0. The molecule has 0 unspecified atom stereocenters. The summed E-state index contributed by atoms with van der Waals surface area (Å²) in [5.41, 5.74) is 0.976. The second kappa shape index (κ2) is 11.7. The third-order valence-corrected chi connectivity index (χ3v) is 6.26. The molecule has 32 heavy (non-hydrogen) atoms. The first kappa shape index (κ1) is 24.6. The first-order chi connectivity index (χ1) is 15.5. The number of unbranched alkanes of at least 4 members (excludes halogenated alkanes) is 2. The predicted octanol–water partition coefficient (Wildman–Crippen LogP) is 7.62. The number of hydrogen-bond acceptors (Lipinski definition) is 2. The summed E-state index contributed by atoms with van der Waals surface area (Å²) in [6, 6.07) is 6.31. The molecule has 0 heterocycles. The van der Waals surface area contributed by atoms with Crippen LogP contribution in [0.5, 0.6) is 5.75 Å². The molecule has 0 aliphatic heterocycles. The maximum atomic E-state index is 14.5. The van der Waals surface area contributed by atoms with E-state index >= 15 is 0 Å². The molecule has 2 aromatic rings. The summed E-state index contributed by atoms with van der Waals surface area (Å²) in [6.07, 6.45) is 5.85. The van der Waals surface area contributed by atoms with Crippen LogP contribution in [0.3, 0.4) is 0 Å². The fourth-order valence-electron chi connectivity index (χ4n) is 4.38. The fourth-order valence-corrected chi connectivity index (χ4v) is 4.38. The molecule has 2 nitrogen and oxygen atoms in total. The lowest BCUT2D eigenvalue weighted by molar-refractivity contribution is 0.0116. The Morgan fingerprint density at radius 1 is 0.781 bits per heavy atom. The Morgan fingerprint density at radius 2 is 1.47 bits per heavy atom. The fraction of sp³-hybridized carbons (Fsp3) is 0.538. The molecule has 1 aliphatic carbocycles. The van der Waals surface area contributed by atoms with Crippen LogP contribution in [0.4, 0.5) is 17.6 Å². The molecule has 0 radical (unpaired) electrons. The minimum absolute atomic E-state index is 0.000625. The van der Waals surface area contributed by atoms with Crippen LogP contribution in [-0.2, 0) is 17.8 Å². The molecule has 0 N–H and O–H groups in total. The normalized spacial score (nSPS) is 18.7. The van der Waals surface area contributed by atoms with E-state index in [0.29, 0.717) is 43.2 Å². The van der Waals surface area contributed by atoms with Gasteiger partial charge in [-0.1, -0.05) is 38.0 Å². The van der Waals surface area contributed by atoms with Gasteiger partial charge in [0, 0.05) is 5.56 Å². The van der Waals surface area contributed by atoms with Gasteiger partial charge in [0.1, 0.15) is 0 Å². The van der Waals surface area contributed by atoms with Crippen LogP contribution < -0.4 is 4.74 Å². The smallest absolute Gasteiger partial charge is 0.200 e. The first-order valence-corrected chi connectivity index (χ1v) is 11.6. The van der Waals surface area contributed by atoms with E-state index in [1.165, 1.54) is 6.07 Å². The van der Waals surface area contributed by atoms with Gasteiger partial charge in [0.15, 0.2) is 23.2 Å². The Labute approximate surface area is 187 Å². The van der Waals surface area contributed by atoms with Crippen LogP contribution in [0.25, 0.3) is 0 Å². The van der Waals surface area contributed by atoms with Gasteiger partial charge in [-0.25, -0.2) is 13.2 Å². The molecule has 0 bridgehead atoms. The highest BCUT2D eigenvalue weighted by molar-refractivity contribution is 5.33. The molecule has 1 aliphatic rings. The average Bonchev–Trinajstić information content (AvgIpc) is 2.80. The van der Waals surface area contributed by atoms with E-state index in [-0.39, 0.29) is 36.5 Å². The zero-order chi connectivity index (χ0) is 23.1. The molecule has 3 rings (SSSR count). The van der Waals surface area contributed by atoms with Gasteiger partial charge >= 0.3 is 0 Å². The van der Waals surface area contributed by atoms with Crippen LogP contribution in [0.2, 0.25) is 0 Å². The van der Waals surface area contributed by atoms with Gasteiger partial charge < -0.3 is 9.47 Å². The summed E-state index contributed by atoms with van der Waals surface area (Å²) in [6.45, 7) is 4.05. The number of aryl methyl sites for hydroxylation is 1. The number of ether oxygens (including phenoxy) is 2. The number of rotatable bonds is 10. The molecule has 0 saturated heterocycles. The summed E-state index contributed by atoms with van der Waals surface area (Å²) < 4.78 is 68.4. The summed E-state index contributed by atoms with van der Waals surface area (Å²) in [5.74, 6) is -3.58. The van der Waals surface area contributed by atoms with Crippen LogP contribution in [0.1, 0.15) is 81.4 Å². The van der Waals surface area contributed by atoms with E-state index in [4.69, 9.17) is 9.47 Å². The van der Waals surface area contributed by atoms with Crippen LogP contribution >= 0.6 is 0 Å².